The van der Waals surface area contributed by atoms with Crippen LogP contribution in [-0.4, -0.2) is 21.9 Å². The molecule has 0 radical (unpaired) electrons. The predicted octanol–water partition coefficient (Wildman–Crippen LogP) is 4.32. The van der Waals surface area contributed by atoms with Crippen molar-refractivity contribution in [1.82, 2.24) is 14.8 Å². The van der Waals surface area contributed by atoms with Gasteiger partial charge in [0.15, 0.2) is 11.0 Å². The van der Waals surface area contributed by atoms with Crippen LogP contribution in [0.1, 0.15) is 22.5 Å². The lowest BCUT2D eigenvalue weighted by atomic mass is 10.2. The molecule has 0 N–H and O–H groups in total. The second-order valence-electron chi connectivity index (χ2n) is 5.78. The third-order valence-corrected chi connectivity index (χ3v) is 4.72. The molecule has 0 saturated carbocycles. The van der Waals surface area contributed by atoms with E-state index in [0.717, 1.165) is 22.4 Å². The molecule has 0 amide bonds. The van der Waals surface area contributed by atoms with Crippen LogP contribution in [0.25, 0.3) is 5.69 Å². The Morgan fingerprint density at radius 1 is 1.00 bits per heavy atom. The number of thioether (sulfide) groups is 1. The maximum Gasteiger partial charge on any atom is 0.196 e. The first-order valence-electron chi connectivity index (χ1n) is 7.86. The smallest absolute Gasteiger partial charge is 0.196 e. The SMILES string of the molecule is COCc1nnc(SCc2ccc(C)cc2)n1-c1cccc(C)c1. The number of methoxy groups -OCH3 is 1. The fraction of sp³-hybridized carbons (Fsp3) is 0.263. The van der Waals surface area contributed by atoms with Gasteiger partial charge >= 0.3 is 0 Å². The van der Waals surface area contributed by atoms with E-state index in [1.807, 2.05) is 0 Å². The molecule has 124 valence electrons. The highest BCUT2D eigenvalue weighted by molar-refractivity contribution is 7.98. The number of nitrogens with zero attached hydrogens (tertiary/aromatic N) is 3. The monoisotopic (exact) mass is 339 g/mol. The zero-order chi connectivity index (χ0) is 16.9. The summed E-state index contributed by atoms with van der Waals surface area (Å²) in [5, 5.41) is 9.56. The summed E-state index contributed by atoms with van der Waals surface area (Å²) in [7, 11) is 1.67. The number of hydrogen-bond donors (Lipinski definition) is 0. The van der Waals surface area contributed by atoms with Gasteiger partial charge in [0, 0.05) is 18.6 Å². The van der Waals surface area contributed by atoms with Crippen LogP contribution >= 0.6 is 11.8 Å². The molecular weight excluding hydrogens is 318 g/mol. The Labute approximate surface area is 146 Å². The fourth-order valence-electron chi connectivity index (χ4n) is 2.47. The number of rotatable bonds is 6. The van der Waals surface area contributed by atoms with Crippen molar-refractivity contribution >= 4 is 11.8 Å². The Hall–Kier alpha value is -2.11. The minimum atomic E-state index is 0.437. The molecule has 0 aliphatic rings. The Morgan fingerprint density at radius 2 is 1.79 bits per heavy atom. The van der Waals surface area contributed by atoms with Crippen molar-refractivity contribution in [3.63, 3.8) is 0 Å². The Bertz CT molecular complexity index is 812. The zero-order valence-corrected chi connectivity index (χ0v) is 15.0. The lowest BCUT2D eigenvalue weighted by molar-refractivity contribution is 0.176. The molecule has 0 unspecified atom stereocenters. The van der Waals surface area contributed by atoms with Gasteiger partial charge in [-0.25, -0.2) is 0 Å². The second-order valence-corrected chi connectivity index (χ2v) is 6.72. The normalized spacial score (nSPS) is 11.0. The fourth-order valence-corrected chi connectivity index (χ4v) is 3.40. The number of aryl methyl sites for hydroxylation is 2. The van der Waals surface area contributed by atoms with E-state index in [0.29, 0.717) is 6.61 Å². The van der Waals surface area contributed by atoms with Gasteiger partial charge in [0.05, 0.1) is 0 Å². The van der Waals surface area contributed by atoms with Gasteiger partial charge in [-0.3, -0.25) is 4.57 Å². The van der Waals surface area contributed by atoms with Crippen molar-refractivity contribution in [2.75, 3.05) is 7.11 Å². The summed E-state index contributed by atoms with van der Waals surface area (Å²) in [5.74, 6) is 1.67. The molecule has 2 aromatic carbocycles. The van der Waals surface area contributed by atoms with Gasteiger partial charge in [-0.1, -0.05) is 53.7 Å². The molecular formula is C19H21N3OS. The van der Waals surface area contributed by atoms with Crippen LogP contribution in [0.3, 0.4) is 0 Å². The molecule has 24 heavy (non-hydrogen) atoms. The first-order valence-corrected chi connectivity index (χ1v) is 8.84. The molecule has 1 aromatic heterocycles. The van der Waals surface area contributed by atoms with E-state index < -0.39 is 0 Å². The molecule has 3 aromatic rings. The van der Waals surface area contributed by atoms with Crippen molar-refractivity contribution in [2.24, 2.45) is 0 Å². The maximum atomic E-state index is 5.28. The van der Waals surface area contributed by atoms with Crippen LogP contribution in [0.15, 0.2) is 53.7 Å². The van der Waals surface area contributed by atoms with Gasteiger partial charge in [-0.05, 0) is 37.1 Å². The molecule has 0 atom stereocenters. The molecule has 3 rings (SSSR count). The summed E-state index contributed by atoms with van der Waals surface area (Å²) >= 11 is 1.69. The van der Waals surface area contributed by atoms with Crippen molar-refractivity contribution in [3.8, 4) is 5.69 Å². The molecule has 0 fully saturated rings. The van der Waals surface area contributed by atoms with E-state index in [1.165, 1.54) is 16.7 Å². The van der Waals surface area contributed by atoms with Gasteiger partial charge in [0.1, 0.15) is 6.61 Å². The van der Waals surface area contributed by atoms with E-state index in [9.17, 15) is 0 Å². The van der Waals surface area contributed by atoms with Crippen LogP contribution in [0, 0.1) is 13.8 Å². The van der Waals surface area contributed by atoms with E-state index in [4.69, 9.17) is 4.74 Å². The van der Waals surface area contributed by atoms with Gasteiger partial charge in [-0.15, -0.1) is 10.2 Å². The maximum absolute atomic E-state index is 5.28. The van der Waals surface area contributed by atoms with E-state index in [-0.39, 0.29) is 0 Å². The van der Waals surface area contributed by atoms with Gasteiger partial charge in [0.2, 0.25) is 0 Å². The van der Waals surface area contributed by atoms with Crippen LogP contribution in [0.5, 0.6) is 0 Å². The van der Waals surface area contributed by atoms with Crippen LogP contribution < -0.4 is 0 Å². The van der Waals surface area contributed by atoms with Crippen LogP contribution in [0.2, 0.25) is 0 Å². The van der Waals surface area contributed by atoms with Gasteiger partial charge < -0.3 is 4.74 Å². The third-order valence-electron chi connectivity index (χ3n) is 3.72. The topological polar surface area (TPSA) is 39.9 Å². The van der Waals surface area contributed by atoms with Gasteiger partial charge in [-0.2, -0.15) is 0 Å². The molecule has 5 heteroatoms. The van der Waals surface area contributed by atoms with Crippen LogP contribution in [-0.2, 0) is 17.1 Å². The molecule has 0 bridgehead atoms. The molecule has 4 nitrogen and oxygen atoms in total. The highest BCUT2D eigenvalue weighted by atomic mass is 32.2. The second kappa shape index (κ2) is 7.64. The molecule has 0 saturated heterocycles. The molecule has 1 heterocycles. The first kappa shape index (κ1) is 16.7. The van der Waals surface area contributed by atoms with Crippen molar-refractivity contribution in [1.29, 1.82) is 0 Å². The number of ether oxygens (including phenoxy) is 1. The summed E-state index contributed by atoms with van der Waals surface area (Å²) in [5.41, 5.74) is 4.82. The standard InChI is InChI=1S/C19H21N3OS/c1-14-7-9-16(10-8-14)13-24-19-21-20-18(12-23-3)22(19)17-6-4-5-15(2)11-17/h4-11H,12-13H2,1-3H3. The summed E-state index contributed by atoms with van der Waals surface area (Å²) < 4.78 is 7.36. The van der Waals surface area contributed by atoms with Crippen molar-refractivity contribution < 1.29 is 4.74 Å². The summed E-state index contributed by atoms with van der Waals surface area (Å²) in [6, 6.07) is 16.9. The predicted molar refractivity (Wildman–Crippen MR) is 97.5 cm³/mol. The number of aromatic nitrogens is 3. The number of hydrogen-bond acceptors (Lipinski definition) is 4. The zero-order valence-electron chi connectivity index (χ0n) is 14.2. The van der Waals surface area contributed by atoms with Crippen LogP contribution in [0.4, 0.5) is 0 Å². The van der Waals surface area contributed by atoms with E-state index in [1.54, 1.807) is 18.9 Å². The minimum Gasteiger partial charge on any atom is -0.377 e. The highest BCUT2D eigenvalue weighted by Crippen LogP contribution is 2.26. The highest BCUT2D eigenvalue weighted by Gasteiger charge is 2.14. The van der Waals surface area contributed by atoms with Gasteiger partial charge in [0.25, 0.3) is 0 Å². The van der Waals surface area contributed by atoms with Crippen molar-refractivity contribution in [2.45, 2.75) is 31.4 Å². The molecule has 0 aliphatic heterocycles. The quantitative estimate of drug-likeness (QED) is 0.627. The molecule has 0 spiro atoms. The first-order chi connectivity index (χ1) is 11.7. The lowest BCUT2D eigenvalue weighted by Crippen LogP contribution is -2.04. The average Bonchev–Trinajstić information content (AvgIpc) is 2.97. The van der Waals surface area contributed by atoms with Crippen molar-refractivity contribution in [3.05, 3.63) is 71.0 Å². The largest absolute Gasteiger partial charge is 0.377 e. The number of benzene rings is 2. The van der Waals surface area contributed by atoms with E-state index >= 15 is 0 Å². The van der Waals surface area contributed by atoms with E-state index in [2.05, 4.69) is 77.1 Å². The summed E-state index contributed by atoms with van der Waals surface area (Å²) in [6.45, 7) is 4.62. The Balaban J connectivity index is 1.88. The Kier molecular flexibility index (Phi) is 5.33. The minimum absolute atomic E-state index is 0.437. The Morgan fingerprint density at radius 3 is 2.50 bits per heavy atom. The molecule has 0 aliphatic carbocycles. The lowest BCUT2D eigenvalue weighted by Gasteiger charge is -2.10. The third kappa shape index (κ3) is 3.86. The summed E-state index contributed by atoms with van der Waals surface area (Å²) in [4.78, 5) is 0. The summed E-state index contributed by atoms with van der Waals surface area (Å²) in [6.07, 6.45) is 0. The average molecular weight is 339 g/mol.